The Morgan fingerprint density at radius 3 is 1.58 bits per heavy atom. The number of fused-ring (bicyclic) bond motifs is 7. The number of para-hydroxylation sites is 1. The van der Waals surface area contributed by atoms with Crippen molar-refractivity contribution in [3.63, 3.8) is 0 Å². The van der Waals surface area contributed by atoms with Crippen LogP contribution in [0.25, 0.3) is 98.8 Å². The van der Waals surface area contributed by atoms with Crippen molar-refractivity contribution in [2.75, 3.05) is 4.90 Å². The fraction of sp³-hybridized carbons (Fsp3) is 0. The van der Waals surface area contributed by atoms with Crippen molar-refractivity contribution in [2.24, 2.45) is 0 Å². The number of hydrogen-bond donors (Lipinski definition) is 0. The summed E-state index contributed by atoms with van der Waals surface area (Å²) in [5.74, 6) is 0. The molecule has 1 aromatic heterocycles. The second-order valence-electron chi connectivity index (χ2n) is 16.0. The molecule has 0 spiro atoms. The Hall–Kier alpha value is -8.20. The molecule has 0 fully saturated rings. The fourth-order valence-electron chi connectivity index (χ4n) is 9.57. The van der Waals surface area contributed by atoms with E-state index in [1.807, 2.05) is 12.1 Å². The highest BCUT2D eigenvalue weighted by molar-refractivity contribution is 6.22. The molecule has 12 aromatic rings. The van der Waals surface area contributed by atoms with Crippen molar-refractivity contribution in [3.8, 4) is 44.5 Å². The summed E-state index contributed by atoms with van der Waals surface area (Å²) in [5, 5.41) is 9.70. The van der Waals surface area contributed by atoms with Gasteiger partial charge < -0.3 is 9.32 Å². The van der Waals surface area contributed by atoms with Gasteiger partial charge in [-0.1, -0.05) is 182 Å². The molecule has 0 saturated carbocycles. The van der Waals surface area contributed by atoms with E-state index in [9.17, 15) is 0 Å². The summed E-state index contributed by atoms with van der Waals surface area (Å²) in [5.41, 5.74) is 14.5. The van der Waals surface area contributed by atoms with Gasteiger partial charge >= 0.3 is 0 Å². The number of furan rings is 1. The van der Waals surface area contributed by atoms with Gasteiger partial charge in [-0.15, -0.1) is 0 Å². The molecule has 0 atom stereocenters. The van der Waals surface area contributed by atoms with Crippen molar-refractivity contribution in [1.82, 2.24) is 0 Å². The number of benzene rings is 11. The van der Waals surface area contributed by atoms with E-state index in [4.69, 9.17) is 4.42 Å². The van der Waals surface area contributed by atoms with Crippen LogP contribution in [0.5, 0.6) is 0 Å². The molecule has 0 radical (unpaired) electrons. The van der Waals surface area contributed by atoms with E-state index in [0.29, 0.717) is 0 Å². The predicted molar refractivity (Wildman–Crippen MR) is 263 cm³/mol. The molecule has 62 heavy (non-hydrogen) atoms. The lowest BCUT2D eigenvalue weighted by Gasteiger charge is -2.26. The van der Waals surface area contributed by atoms with Gasteiger partial charge in [-0.05, 0) is 125 Å². The van der Waals surface area contributed by atoms with Gasteiger partial charge in [-0.2, -0.15) is 0 Å². The van der Waals surface area contributed by atoms with Crippen LogP contribution in [0.2, 0.25) is 0 Å². The summed E-state index contributed by atoms with van der Waals surface area (Å²) in [6, 6.07) is 85.5. The van der Waals surface area contributed by atoms with Gasteiger partial charge in [0.2, 0.25) is 0 Å². The van der Waals surface area contributed by atoms with Crippen LogP contribution in [0.15, 0.2) is 241 Å². The van der Waals surface area contributed by atoms with Crippen LogP contribution in [-0.4, -0.2) is 0 Å². The van der Waals surface area contributed by atoms with Gasteiger partial charge in [-0.25, -0.2) is 0 Å². The van der Waals surface area contributed by atoms with E-state index < -0.39 is 0 Å². The van der Waals surface area contributed by atoms with Crippen molar-refractivity contribution in [2.45, 2.75) is 0 Å². The Morgan fingerprint density at radius 1 is 0.258 bits per heavy atom. The van der Waals surface area contributed by atoms with Crippen molar-refractivity contribution < 1.29 is 4.42 Å². The minimum atomic E-state index is 0.864. The van der Waals surface area contributed by atoms with Gasteiger partial charge in [0.1, 0.15) is 11.2 Å². The second-order valence-corrected chi connectivity index (χ2v) is 16.0. The lowest BCUT2D eigenvalue weighted by atomic mass is 9.84. The Balaban J connectivity index is 1.02. The van der Waals surface area contributed by atoms with Crippen LogP contribution in [0.3, 0.4) is 0 Å². The molecule has 290 valence electrons. The summed E-state index contributed by atoms with van der Waals surface area (Å²) in [4.78, 5) is 2.34. The average Bonchev–Trinajstić information content (AvgIpc) is 3.72. The van der Waals surface area contributed by atoms with E-state index >= 15 is 0 Å². The molecule has 0 saturated heterocycles. The summed E-state index contributed by atoms with van der Waals surface area (Å²) in [6.45, 7) is 0. The van der Waals surface area contributed by atoms with Crippen molar-refractivity contribution in [1.29, 1.82) is 0 Å². The highest BCUT2D eigenvalue weighted by atomic mass is 16.3. The third-order valence-electron chi connectivity index (χ3n) is 12.4. The molecule has 11 aromatic carbocycles. The Bertz CT molecular complexity index is 3620. The van der Waals surface area contributed by atoms with Gasteiger partial charge in [0.25, 0.3) is 0 Å². The van der Waals surface area contributed by atoms with Crippen LogP contribution >= 0.6 is 0 Å². The molecule has 0 aliphatic carbocycles. The maximum Gasteiger partial charge on any atom is 0.137 e. The van der Waals surface area contributed by atoms with Gasteiger partial charge in [0, 0.05) is 33.9 Å². The van der Waals surface area contributed by atoms with Gasteiger partial charge in [-0.3, -0.25) is 0 Å². The number of hydrogen-bond acceptors (Lipinski definition) is 2. The summed E-state index contributed by atoms with van der Waals surface area (Å²) < 4.78 is 6.45. The lowest BCUT2D eigenvalue weighted by Crippen LogP contribution is -2.10. The normalized spacial score (nSPS) is 11.5. The summed E-state index contributed by atoms with van der Waals surface area (Å²) in [6.07, 6.45) is 0. The SMILES string of the molecule is c1ccc(-c2c(-c3ccccc3)c3cc(-c4ccc(N(c5cccc(-c6cccc7ccccc67)c5)c5ccc6c(c5)oc5ccccc56)cc4)ccc3c3ccccc23)cc1. The summed E-state index contributed by atoms with van der Waals surface area (Å²) >= 11 is 0. The molecule has 0 bridgehead atoms. The first-order valence-corrected chi connectivity index (χ1v) is 21.2. The molecule has 2 heteroatoms. The fourth-order valence-corrected chi connectivity index (χ4v) is 9.57. The smallest absolute Gasteiger partial charge is 0.137 e. The largest absolute Gasteiger partial charge is 0.456 e. The molecule has 1 heterocycles. The zero-order chi connectivity index (χ0) is 41.0. The molecule has 12 rings (SSSR count). The third kappa shape index (κ3) is 6.04. The highest BCUT2D eigenvalue weighted by Gasteiger charge is 2.20. The predicted octanol–water partition coefficient (Wildman–Crippen LogP) is 17.2. The van der Waals surface area contributed by atoms with Crippen LogP contribution in [0.4, 0.5) is 17.1 Å². The van der Waals surface area contributed by atoms with Crippen LogP contribution < -0.4 is 4.90 Å². The lowest BCUT2D eigenvalue weighted by molar-refractivity contribution is 0.669. The highest BCUT2D eigenvalue weighted by Crippen LogP contribution is 2.46. The molecular weight excluding hydrogens is 751 g/mol. The first kappa shape index (κ1) is 35.7. The summed E-state index contributed by atoms with van der Waals surface area (Å²) in [7, 11) is 0. The van der Waals surface area contributed by atoms with E-state index in [2.05, 4.69) is 229 Å². The van der Waals surface area contributed by atoms with Crippen LogP contribution in [0.1, 0.15) is 0 Å². The number of anilines is 3. The number of rotatable bonds is 7. The van der Waals surface area contributed by atoms with E-state index in [1.54, 1.807) is 0 Å². The quantitative estimate of drug-likeness (QED) is 0.150. The Morgan fingerprint density at radius 2 is 0.790 bits per heavy atom. The zero-order valence-corrected chi connectivity index (χ0v) is 33.9. The second kappa shape index (κ2) is 14.8. The maximum atomic E-state index is 6.45. The number of nitrogens with zero attached hydrogens (tertiary/aromatic N) is 1. The van der Waals surface area contributed by atoms with Crippen LogP contribution in [0, 0.1) is 0 Å². The van der Waals surface area contributed by atoms with E-state index in [0.717, 1.165) is 44.6 Å². The first-order chi connectivity index (χ1) is 30.7. The van der Waals surface area contributed by atoms with Crippen LogP contribution in [-0.2, 0) is 0 Å². The molecule has 0 amide bonds. The van der Waals surface area contributed by atoms with E-state index in [1.165, 1.54) is 71.3 Å². The zero-order valence-electron chi connectivity index (χ0n) is 33.9. The molecule has 2 nitrogen and oxygen atoms in total. The standard InChI is InChI=1S/C60H39NO/c1-3-16-42(17-4-1)59-55-26-10-9-24-51(55)52-35-31-44(38-56(52)60(59)43-18-5-2-6-19-43)40-29-32-46(33-30-40)61(48-34-36-54-53-25-11-12-28-57(53)62-58(54)39-48)47-22-13-21-45(37-47)50-27-14-20-41-15-7-8-23-49(41)50/h1-39H. The monoisotopic (exact) mass is 789 g/mol. The Labute approximate surface area is 360 Å². The molecular formula is C60H39NO. The maximum absolute atomic E-state index is 6.45. The van der Waals surface area contributed by atoms with Gasteiger partial charge in [0.15, 0.2) is 0 Å². The minimum absolute atomic E-state index is 0.864. The van der Waals surface area contributed by atoms with Crippen molar-refractivity contribution in [3.05, 3.63) is 237 Å². The Kier molecular flexibility index (Phi) is 8.53. The molecule has 0 N–H and O–H groups in total. The van der Waals surface area contributed by atoms with Crippen molar-refractivity contribution >= 4 is 71.3 Å². The minimum Gasteiger partial charge on any atom is -0.456 e. The van der Waals surface area contributed by atoms with E-state index in [-0.39, 0.29) is 0 Å². The topological polar surface area (TPSA) is 16.4 Å². The molecule has 0 aliphatic heterocycles. The molecule has 0 unspecified atom stereocenters. The third-order valence-corrected chi connectivity index (χ3v) is 12.4. The van der Waals surface area contributed by atoms with Gasteiger partial charge in [0.05, 0.1) is 0 Å². The molecule has 0 aliphatic rings. The first-order valence-electron chi connectivity index (χ1n) is 21.2. The average molecular weight is 790 g/mol.